The summed E-state index contributed by atoms with van der Waals surface area (Å²) in [7, 11) is 1.21. The highest BCUT2D eigenvalue weighted by Gasteiger charge is 2.29. The highest BCUT2D eigenvalue weighted by atomic mass is 19.1. The fourth-order valence-electron chi connectivity index (χ4n) is 4.72. The molecule has 1 atom stereocenters. The molecule has 0 aliphatic carbocycles. The van der Waals surface area contributed by atoms with Gasteiger partial charge >= 0.3 is 0 Å². The summed E-state index contributed by atoms with van der Waals surface area (Å²) >= 11 is 0. The number of carbonyl (C=O) groups excluding carboxylic acids is 1. The largest absolute Gasteiger partial charge is 0.491 e. The second-order valence-corrected chi connectivity index (χ2v) is 8.38. The Labute approximate surface area is 193 Å². The minimum atomic E-state index is -1.48. The summed E-state index contributed by atoms with van der Waals surface area (Å²) in [5, 5.41) is 20.9. The maximum atomic E-state index is 14.3. The van der Waals surface area contributed by atoms with E-state index in [0.29, 0.717) is 29.9 Å². The molecule has 0 saturated heterocycles. The van der Waals surface area contributed by atoms with Gasteiger partial charge in [0.1, 0.15) is 0 Å². The number of aromatic nitrogens is 2. The molecule has 1 unspecified atom stereocenters. The molecule has 0 saturated carbocycles. The molecular formula is C25H23F2N3O4. The number of aliphatic hydroxyl groups excluding tert-OH is 2. The minimum absolute atomic E-state index is 0.154. The van der Waals surface area contributed by atoms with Gasteiger partial charge in [-0.25, -0.2) is 8.78 Å². The van der Waals surface area contributed by atoms with Crippen LogP contribution in [0.2, 0.25) is 0 Å². The zero-order chi connectivity index (χ0) is 24.0. The molecule has 9 heteroatoms. The number of halogens is 2. The molecule has 1 aliphatic heterocycles. The summed E-state index contributed by atoms with van der Waals surface area (Å²) in [4.78, 5) is 22.1. The van der Waals surface area contributed by atoms with E-state index in [1.165, 1.54) is 24.1 Å². The standard InChI is InChI=1S/C25H23F2N3O4/c1-34-24-16(26)8-13(9-17(24)27)10-19-23-22(14-4-2-3-5-18(14)29-23)15-6-7-30(11-20(15)28-19)25(33)21(32)12-31/h2-5,8-9,21,29,31-32H,6-7,10-12H2,1H3. The van der Waals surface area contributed by atoms with Gasteiger partial charge in [-0.15, -0.1) is 0 Å². The number of nitrogens with zero attached hydrogens (tertiary/aromatic N) is 2. The Morgan fingerprint density at radius 2 is 2.00 bits per heavy atom. The Kier molecular flexibility index (Phi) is 5.66. The first-order valence-electron chi connectivity index (χ1n) is 10.9. The molecule has 2 aromatic heterocycles. The van der Waals surface area contributed by atoms with E-state index in [2.05, 4.69) is 4.98 Å². The van der Waals surface area contributed by atoms with E-state index >= 15 is 0 Å². The minimum Gasteiger partial charge on any atom is -0.491 e. The number of para-hydroxylation sites is 1. The summed E-state index contributed by atoms with van der Waals surface area (Å²) in [6.07, 6.45) is -0.804. The molecule has 3 heterocycles. The molecule has 2 aromatic carbocycles. The quantitative estimate of drug-likeness (QED) is 0.419. The third kappa shape index (κ3) is 3.66. The van der Waals surface area contributed by atoms with E-state index in [4.69, 9.17) is 14.8 Å². The van der Waals surface area contributed by atoms with Crippen LogP contribution in [0.3, 0.4) is 0 Å². The number of carbonyl (C=O) groups is 1. The number of methoxy groups -OCH3 is 1. The predicted octanol–water partition coefficient (Wildman–Crippen LogP) is 2.83. The monoisotopic (exact) mass is 467 g/mol. The lowest BCUT2D eigenvalue weighted by molar-refractivity contribution is -0.143. The molecule has 3 N–H and O–H groups in total. The molecule has 34 heavy (non-hydrogen) atoms. The lowest BCUT2D eigenvalue weighted by Gasteiger charge is -2.30. The van der Waals surface area contributed by atoms with E-state index in [1.807, 2.05) is 24.3 Å². The van der Waals surface area contributed by atoms with E-state index in [0.717, 1.165) is 27.4 Å². The molecular weight excluding hydrogens is 444 g/mol. The van der Waals surface area contributed by atoms with Crippen LogP contribution in [0.25, 0.3) is 21.8 Å². The second kappa shape index (κ2) is 8.66. The lowest BCUT2D eigenvalue weighted by atomic mass is 9.96. The van der Waals surface area contributed by atoms with Gasteiger partial charge in [0.15, 0.2) is 23.5 Å². The molecule has 0 fully saturated rings. The van der Waals surface area contributed by atoms with Gasteiger partial charge in [-0.2, -0.15) is 0 Å². The zero-order valence-corrected chi connectivity index (χ0v) is 18.4. The molecule has 0 radical (unpaired) electrons. The maximum absolute atomic E-state index is 14.3. The van der Waals surface area contributed by atoms with Crippen LogP contribution < -0.4 is 4.74 Å². The van der Waals surface area contributed by atoms with Crippen molar-refractivity contribution in [1.29, 1.82) is 0 Å². The first-order chi connectivity index (χ1) is 16.4. The van der Waals surface area contributed by atoms with Crippen molar-refractivity contribution in [3.05, 3.63) is 70.5 Å². The van der Waals surface area contributed by atoms with Crippen molar-refractivity contribution in [1.82, 2.24) is 14.9 Å². The number of nitrogens with one attached hydrogen (secondary N) is 1. The summed E-state index contributed by atoms with van der Waals surface area (Å²) in [5.74, 6) is -2.58. The number of benzene rings is 2. The maximum Gasteiger partial charge on any atom is 0.254 e. The van der Waals surface area contributed by atoms with Gasteiger partial charge in [-0.1, -0.05) is 18.2 Å². The van der Waals surface area contributed by atoms with Gasteiger partial charge in [0, 0.05) is 29.3 Å². The van der Waals surface area contributed by atoms with E-state index < -0.39 is 36.0 Å². The molecule has 4 aromatic rings. The number of pyridine rings is 1. The number of aromatic amines is 1. The van der Waals surface area contributed by atoms with E-state index in [9.17, 15) is 18.7 Å². The molecule has 1 amide bonds. The molecule has 0 spiro atoms. The second-order valence-electron chi connectivity index (χ2n) is 8.38. The Balaban J connectivity index is 1.65. The van der Waals surface area contributed by atoms with Gasteiger partial charge in [0.25, 0.3) is 5.91 Å². The van der Waals surface area contributed by atoms with Crippen LogP contribution in [0.1, 0.15) is 22.5 Å². The Morgan fingerprint density at radius 1 is 1.26 bits per heavy atom. The topological polar surface area (TPSA) is 98.7 Å². The van der Waals surface area contributed by atoms with Gasteiger partial charge in [0.2, 0.25) is 0 Å². The van der Waals surface area contributed by atoms with Crippen LogP contribution in [0.15, 0.2) is 36.4 Å². The summed E-state index contributed by atoms with van der Waals surface area (Å²) < 4.78 is 33.5. The van der Waals surface area contributed by atoms with Crippen LogP contribution >= 0.6 is 0 Å². The lowest BCUT2D eigenvalue weighted by Crippen LogP contribution is -2.43. The summed E-state index contributed by atoms with van der Waals surface area (Å²) in [6.45, 7) is -0.108. The number of amides is 1. The van der Waals surface area contributed by atoms with Crippen LogP contribution in [0.4, 0.5) is 8.78 Å². The Hall–Kier alpha value is -3.56. The summed E-state index contributed by atoms with van der Waals surface area (Å²) in [5.41, 5.74) is 4.33. The average Bonchev–Trinajstić information content (AvgIpc) is 3.23. The Bertz CT molecular complexity index is 1400. The normalized spacial score (nSPS) is 14.4. The van der Waals surface area contributed by atoms with Crippen molar-refractivity contribution in [2.75, 3.05) is 20.3 Å². The smallest absolute Gasteiger partial charge is 0.254 e. The summed E-state index contributed by atoms with van der Waals surface area (Å²) in [6, 6.07) is 10.3. The highest BCUT2D eigenvalue weighted by Crippen LogP contribution is 2.35. The first kappa shape index (κ1) is 22.2. The highest BCUT2D eigenvalue weighted by molar-refractivity contribution is 6.10. The third-order valence-electron chi connectivity index (χ3n) is 6.29. The predicted molar refractivity (Wildman–Crippen MR) is 122 cm³/mol. The third-order valence-corrected chi connectivity index (χ3v) is 6.29. The first-order valence-corrected chi connectivity index (χ1v) is 10.9. The van der Waals surface area contributed by atoms with Crippen LogP contribution in [-0.4, -0.2) is 57.4 Å². The molecule has 1 aliphatic rings. The zero-order valence-electron chi connectivity index (χ0n) is 18.4. The molecule has 0 bridgehead atoms. The van der Waals surface area contributed by atoms with E-state index in [-0.39, 0.29) is 13.0 Å². The fraction of sp³-hybridized carbons (Fsp3) is 0.280. The van der Waals surface area contributed by atoms with Crippen LogP contribution in [0.5, 0.6) is 5.75 Å². The Morgan fingerprint density at radius 3 is 2.71 bits per heavy atom. The van der Waals surface area contributed by atoms with E-state index in [1.54, 1.807) is 0 Å². The van der Waals surface area contributed by atoms with Crippen molar-refractivity contribution in [3.8, 4) is 5.75 Å². The number of hydrogen-bond acceptors (Lipinski definition) is 5. The average molecular weight is 467 g/mol. The molecule has 176 valence electrons. The van der Waals surface area contributed by atoms with Crippen molar-refractivity contribution in [3.63, 3.8) is 0 Å². The van der Waals surface area contributed by atoms with Gasteiger partial charge in [-0.3, -0.25) is 9.78 Å². The van der Waals surface area contributed by atoms with Gasteiger partial charge < -0.3 is 24.8 Å². The van der Waals surface area contributed by atoms with Crippen molar-refractivity contribution in [2.45, 2.75) is 25.5 Å². The van der Waals surface area contributed by atoms with Crippen LogP contribution in [0, 0.1) is 11.6 Å². The fourth-order valence-corrected chi connectivity index (χ4v) is 4.72. The SMILES string of the molecule is COc1c(F)cc(Cc2nc3c(c4c2[nH]c2ccccc24)CCN(C(=O)C(O)CO)C3)cc1F. The van der Waals surface area contributed by atoms with Crippen LogP contribution in [-0.2, 0) is 24.2 Å². The molecule has 7 nitrogen and oxygen atoms in total. The number of aliphatic hydroxyl groups is 2. The number of H-pyrrole nitrogens is 1. The number of hydrogen-bond donors (Lipinski definition) is 3. The van der Waals surface area contributed by atoms with Crippen molar-refractivity contribution < 1.29 is 28.5 Å². The number of ether oxygens (including phenoxy) is 1. The van der Waals surface area contributed by atoms with Gasteiger partial charge in [-0.05, 0) is 35.7 Å². The van der Waals surface area contributed by atoms with Crippen molar-refractivity contribution >= 4 is 27.7 Å². The van der Waals surface area contributed by atoms with Gasteiger partial charge in [0.05, 0.1) is 37.2 Å². The number of fused-ring (bicyclic) bond motifs is 5. The molecule has 5 rings (SSSR count). The number of rotatable bonds is 5. The van der Waals surface area contributed by atoms with Crippen molar-refractivity contribution in [2.24, 2.45) is 0 Å².